The van der Waals surface area contributed by atoms with E-state index in [4.69, 9.17) is 4.74 Å². The highest BCUT2D eigenvalue weighted by molar-refractivity contribution is 8.93. The molecule has 2 atom stereocenters. The Hall–Kier alpha value is 0.260. The van der Waals surface area contributed by atoms with Gasteiger partial charge < -0.3 is 10.1 Å². The molecule has 0 bridgehead atoms. The fraction of sp³-hybridized carbons (Fsp3) is 1.00. The number of hydrogen-bond acceptors (Lipinski definition) is 2. The Morgan fingerprint density at radius 3 is 2.91 bits per heavy atom. The lowest BCUT2D eigenvalue weighted by Crippen LogP contribution is -2.24. The van der Waals surface area contributed by atoms with E-state index in [1.54, 1.807) is 0 Å². The second-order valence-electron chi connectivity index (χ2n) is 2.79. The smallest absolute Gasteiger partial charge is 0.270 e. The second-order valence-corrected chi connectivity index (χ2v) is 2.79. The molecule has 2 nitrogen and oxygen atoms in total. The van der Waals surface area contributed by atoms with E-state index in [0.717, 1.165) is 0 Å². The molecular weight excluding hydrogens is 220 g/mol. The Morgan fingerprint density at radius 2 is 2.18 bits per heavy atom. The molecule has 2 fully saturated rings. The van der Waals surface area contributed by atoms with Crippen LogP contribution in [0.2, 0.25) is 0 Å². The summed E-state index contributed by atoms with van der Waals surface area (Å²) < 4.78 is 30.0. The van der Waals surface area contributed by atoms with Crippen LogP contribution in [0.15, 0.2) is 0 Å². The number of fused-ring (bicyclic) bond motifs is 1. The zero-order chi connectivity index (χ0) is 7.19. The summed E-state index contributed by atoms with van der Waals surface area (Å²) in [7, 11) is 0. The molecule has 0 amide bonds. The van der Waals surface area contributed by atoms with Crippen LogP contribution in [0.1, 0.15) is 0 Å². The zero-order valence-corrected chi connectivity index (χ0v) is 7.56. The lowest BCUT2D eigenvalue weighted by molar-refractivity contribution is 0.0457. The molecule has 0 aromatic rings. The van der Waals surface area contributed by atoms with Gasteiger partial charge in [0.15, 0.2) is 0 Å². The van der Waals surface area contributed by atoms with Gasteiger partial charge in [-0.25, -0.2) is 8.78 Å². The first-order valence-electron chi connectivity index (χ1n) is 3.42. The van der Waals surface area contributed by atoms with Crippen LogP contribution in [0.25, 0.3) is 0 Å². The summed E-state index contributed by atoms with van der Waals surface area (Å²) in [6.07, 6.45) is 0. The maximum Gasteiger partial charge on any atom is 0.270 e. The minimum absolute atomic E-state index is 0. The van der Waals surface area contributed by atoms with Gasteiger partial charge in [-0.05, 0) is 0 Å². The van der Waals surface area contributed by atoms with Gasteiger partial charge in [-0.2, -0.15) is 0 Å². The molecule has 0 radical (unpaired) electrons. The SMILES string of the molecule is Br.FC1(F)C2COCCNC21. The van der Waals surface area contributed by atoms with Gasteiger partial charge in [-0.15, -0.1) is 17.0 Å². The Bertz CT molecular complexity index is 142. The average Bonchev–Trinajstić information content (AvgIpc) is 2.47. The maximum absolute atomic E-state index is 12.5. The van der Waals surface area contributed by atoms with Gasteiger partial charge in [-0.1, -0.05) is 0 Å². The van der Waals surface area contributed by atoms with E-state index in [1.165, 1.54) is 0 Å². The number of hydrogen-bond donors (Lipinski definition) is 1. The molecule has 1 saturated carbocycles. The minimum atomic E-state index is -2.50. The summed E-state index contributed by atoms with van der Waals surface area (Å²) in [5.74, 6) is -3.06. The lowest BCUT2D eigenvalue weighted by Gasteiger charge is -2.02. The van der Waals surface area contributed by atoms with Gasteiger partial charge in [0, 0.05) is 6.54 Å². The highest BCUT2D eigenvalue weighted by Gasteiger charge is 2.68. The summed E-state index contributed by atoms with van der Waals surface area (Å²) >= 11 is 0. The number of alkyl halides is 2. The molecule has 2 unspecified atom stereocenters. The number of rotatable bonds is 0. The predicted molar refractivity (Wildman–Crippen MR) is 41.4 cm³/mol. The largest absolute Gasteiger partial charge is 0.380 e. The molecule has 1 heterocycles. The lowest BCUT2D eigenvalue weighted by atomic mass is 10.4. The highest BCUT2D eigenvalue weighted by Crippen LogP contribution is 2.49. The third-order valence-corrected chi connectivity index (χ3v) is 2.11. The van der Waals surface area contributed by atoms with Crippen LogP contribution in [0, 0.1) is 5.92 Å². The van der Waals surface area contributed by atoms with Crippen LogP contribution in [0.4, 0.5) is 8.78 Å². The molecule has 0 aromatic heterocycles. The number of halogens is 3. The van der Waals surface area contributed by atoms with E-state index in [9.17, 15) is 8.78 Å². The Morgan fingerprint density at radius 1 is 1.45 bits per heavy atom. The van der Waals surface area contributed by atoms with E-state index in [0.29, 0.717) is 13.2 Å². The fourth-order valence-electron chi connectivity index (χ4n) is 1.37. The predicted octanol–water partition coefficient (Wildman–Crippen LogP) is 0.818. The summed E-state index contributed by atoms with van der Waals surface area (Å²) in [5, 5.41) is 2.73. The van der Waals surface area contributed by atoms with Crippen molar-refractivity contribution < 1.29 is 13.5 Å². The van der Waals surface area contributed by atoms with Crippen molar-refractivity contribution in [2.24, 2.45) is 5.92 Å². The quantitative estimate of drug-likeness (QED) is 0.665. The molecule has 1 saturated heterocycles. The third kappa shape index (κ3) is 1.41. The van der Waals surface area contributed by atoms with Crippen molar-refractivity contribution >= 4 is 17.0 Å². The standard InChI is InChI=1S/C6H9F2NO.BrH/c7-6(8)4-3-10-2-1-9-5(4)6;/h4-5,9H,1-3H2;1H. The van der Waals surface area contributed by atoms with Gasteiger partial charge in [0.1, 0.15) is 0 Å². The first kappa shape index (κ1) is 9.35. The van der Waals surface area contributed by atoms with Gasteiger partial charge in [0.2, 0.25) is 0 Å². The van der Waals surface area contributed by atoms with Crippen LogP contribution in [-0.4, -0.2) is 31.7 Å². The first-order chi connectivity index (χ1) is 4.73. The van der Waals surface area contributed by atoms with E-state index in [-0.39, 0.29) is 23.6 Å². The third-order valence-electron chi connectivity index (χ3n) is 2.11. The van der Waals surface area contributed by atoms with Crippen molar-refractivity contribution in [3.05, 3.63) is 0 Å². The average molecular weight is 230 g/mol. The van der Waals surface area contributed by atoms with Crippen molar-refractivity contribution in [1.82, 2.24) is 5.32 Å². The highest BCUT2D eigenvalue weighted by atomic mass is 79.9. The van der Waals surface area contributed by atoms with E-state index in [2.05, 4.69) is 5.32 Å². The molecule has 2 aliphatic rings. The minimum Gasteiger partial charge on any atom is -0.380 e. The van der Waals surface area contributed by atoms with Gasteiger partial charge in [-0.3, -0.25) is 0 Å². The van der Waals surface area contributed by atoms with Crippen molar-refractivity contribution in [1.29, 1.82) is 0 Å². The summed E-state index contributed by atoms with van der Waals surface area (Å²) in [6.45, 7) is 1.32. The molecule has 5 heteroatoms. The van der Waals surface area contributed by atoms with Gasteiger partial charge in [0.25, 0.3) is 5.92 Å². The zero-order valence-electron chi connectivity index (χ0n) is 5.85. The van der Waals surface area contributed by atoms with Crippen molar-refractivity contribution in [3.63, 3.8) is 0 Å². The summed E-state index contributed by atoms with van der Waals surface area (Å²) in [5.41, 5.74) is 0. The van der Waals surface area contributed by atoms with Crippen LogP contribution in [-0.2, 0) is 4.74 Å². The molecule has 11 heavy (non-hydrogen) atoms. The van der Waals surface area contributed by atoms with E-state index >= 15 is 0 Å². The summed E-state index contributed by atoms with van der Waals surface area (Å²) in [6, 6.07) is -0.602. The van der Waals surface area contributed by atoms with E-state index < -0.39 is 17.9 Å². The van der Waals surface area contributed by atoms with Crippen molar-refractivity contribution in [2.45, 2.75) is 12.0 Å². The molecule has 66 valence electrons. The van der Waals surface area contributed by atoms with Crippen LogP contribution in [0.5, 0.6) is 0 Å². The molecular formula is C6H10BrF2NO. The topological polar surface area (TPSA) is 21.3 Å². The Balaban J connectivity index is 0.000000605. The normalized spacial score (nSPS) is 39.8. The van der Waals surface area contributed by atoms with Crippen molar-refractivity contribution in [2.75, 3.05) is 19.8 Å². The van der Waals surface area contributed by atoms with Gasteiger partial charge in [0.05, 0.1) is 25.2 Å². The molecule has 2 rings (SSSR count). The van der Waals surface area contributed by atoms with Crippen LogP contribution in [0.3, 0.4) is 0 Å². The molecule has 0 spiro atoms. The Kier molecular flexibility index (Phi) is 2.51. The summed E-state index contributed by atoms with van der Waals surface area (Å²) in [4.78, 5) is 0. The Labute approximate surface area is 74.1 Å². The molecule has 1 aliphatic carbocycles. The maximum atomic E-state index is 12.5. The number of nitrogens with one attached hydrogen (secondary N) is 1. The molecule has 1 N–H and O–H groups in total. The van der Waals surface area contributed by atoms with E-state index in [1.807, 2.05) is 0 Å². The number of ether oxygens (including phenoxy) is 1. The molecule has 0 aromatic carbocycles. The molecule has 1 aliphatic heterocycles. The second kappa shape index (κ2) is 2.95. The van der Waals surface area contributed by atoms with Crippen LogP contribution >= 0.6 is 17.0 Å². The van der Waals surface area contributed by atoms with Crippen LogP contribution < -0.4 is 5.32 Å². The fourth-order valence-corrected chi connectivity index (χ4v) is 1.37. The monoisotopic (exact) mass is 229 g/mol. The first-order valence-corrected chi connectivity index (χ1v) is 3.42. The van der Waals surface area contributed by atoms with Crippen molar-refractivity contribution in [3.8, 4) is 0 Å². The van der Waals surface area contributed by atoms with Gasteiger partial charge >= 0.3 is 0 Å².